The molecule has 0 saturated carbocycles. The third-order valence-electron chi connectivity index (χ3n) is 1.98. The zero-order valence-corrected chi connectivity index (χ0v) is 9.43. The Balaban J connectivity index is 2.71. The van der Waals surface area contributed by atoms with Crippen LogP contribution < -0.4 is 5.73 Å². The van der Waals surface area contributed by atoms with Crippen molar-refractivity contribution in [2.45, 2.75) is 13.8 Å². The molecule has 0 aliphatic carbocycles. The first-order chi connectivity index (χ1) is 7.65. The fourth-order valence-corrected chi connectivity index (χ4v) is 1.20. The molecule has 0 aliphatic rings. The van der Waals surface area contributed by atoms with Gasteiger partial charge in [0.2, 0.25) is 0 Å². The lowest BCUT2D eigenvalue weighted by molar-refractivity contribution is -0.141. The Hall–Kier alpha value is -1.91. The van der Waals surface area contributed by atoms with Crippen LogP contribution in [-0.4, -0.2) is 29.8 Å². The third kappa shape index (κ3) is 3.34. The van der Waals surface area contributed by atoms with E-state index in [1.54, 1.807) is 26.1 Å². The van der Waals surface area contributed by atoms with Crippen LogP contribution >= 0.6 is 0 Å². The van der Waals surface area contributed by atoms with Crippen LogP contribution in [0.4, 0.5) is 5.82 Å². The van der Waals surface area contributed by atoms with Crippen LogP contribution in [0.1, 0.15) is 19.4 Å². The van der Waals surface area contributed by atoms with Gasteiger partial charge in [-0.25, -0.2) is 4.98 Å². The van der Waals surface area contributed by atoms with Crippen molar-refractivity contribution >= 4 is 17.5 Å². The van der Waals surface area contributed by atoms with Crippen molar-refractivity contribution in [2.75, 3.05) is 18.9 Å². The molecule has 2 N–H and O–H groups in total. The Bertz CT molecular complexity index is 402. The smallest absolute Gasteiger partial charge is 0.327 e. The molecule has 5 nitrogen and oxygen atoms in total. The van der Waals surface area contributed by atoms with Crippen molar-refractivity contribution in [2.24, 2.45) is 4.99 Å². The van der Waals surface area contributed by atoms with Crippen LogP contribution in [0.3, 0.4) is 0 Å². The summed E-state index contributed by atoms with van der Waals surface area (Å²) in [7, 11) is 0. The standard InChI is InChI=1S/C11H15N3O2/c1-3-16-10(15)7-14-8(2)9-5-4-6-13-11(9)12/h4-6H,3,7H2,1-2H3,(H2,12,13). The summed E-state index contributed by atoms with van der Waals surface area (Å²) >= 11 is 0. The largest absolute Gasteiger partial charge is 0.465 e. The first kappa shape index (κ1) is 12.2. The van der Waals surface area contributed by atoms with Gasteiger partial charge >= 0.3 is 5.97 Å². The number of anilines is 1. The monoisotopic (exact) mass is 221 g/mol. The van der Waals surface area contributed by atoms with Crippen molar-refractivity contribution in [1.29, 1.82) is 0 Å². The van der Waals surface area contributed by atoms with Gasteiger partial charge in [-0.3, -0.25) is 9.79 Å². The number of hydrogen-bond acceptors (Lipinski definition) is 5. The molecule has 0 amide bonds. The van der Waals surface area contributed by atoms with E-state index in [1.807, 2.05) is 6.07 Å². The summed E-state index contributed by atoms with van der Waals surface area (Å²) in [5.74, 6) is 0.0666. The molecule has 0 saturated heterocycles. The number of nitrogens with zero attached hydrogens (tertiary/aromatic N) is 2. The quantitative estimate of drug-likeness (QED) is 0.608. The van der Waals surface area contributed by atoms with Gasteiger partial charge in [0, 0.05) is 17.5 Å². The number of carbonyl (C=O) groups excluding carboxylic acids is 1. The number of esters is 1. The summed E-state index contributed by atoms with van der Waals surface area (Å²) in [5.41, 5.74) is 7.10. The Kier molecular flexibility index (Phi) is 4.44. The van der Waals surface area contributed by atoms with Crippen LogP contribution in [0.2, 0.25) is 0 Å². The van der Waals surface area contributed by atoms with Gasteiger partial charge in [0.1, 0.15) is 12.4 Å². The molecule has 0 radical (unpaired) electrons. The van der Waals surface area contributed by atoms with Gasteiger partial charge in [-0.05, 0) is 26.0 Å². The van der Waals surface area contributed by atoms with E-state index in [9.17, 15) is 4.79 Å². The lowest BCUT2D eigenvalue weighted by Crippen LogP contribution is -2.10. The van der Waals surface area contributed by atoms with Crippen molar-refractivity contribution in [3.8, 4) is 0 Å². The molecule has 0 fully saturated rings. The van der Waals surface area contributed by atoms with E-state index < -0.39 is 0 Å². The van der Waals surface area contributed by atoms with E-state index in [1.165, 1.54) is 0 Å². The highest BCUT2D eigenvalue weighted by atomic mass is 16.5. The molecule has 0 spiro atoms. The number of aromatic nitrogens is 1. The molecule has 0 aromatic carbocycles. The normalized spacial score (nSPS) is 11.2. The van der Waals surface area contributed by atoms with Crippen molar-refractivity contribution in [1.82, 2.24) is 4.98 Å². The highest BCUT2D eigenvalue weighted by Gasteiger charge is 2.04. The molecule has 0 atom stereocenters. The lowest BCUT2D eigenvalue weighted by atomic mass is 10.2. The van der Waals surface area contributed by atoms with Gasteiger partial charge in [0.05, 0.1) is 6.61 Å². The second-order valence-corrected chi connectivity index (χ2v) is 3.14. The molecule has 0 unspecified atom stereocenters. The Morgan fingerprint density at radius 2 is 2.38 bits per heavy atom. The van der Waals surface area contributed by atoms with Crippen molar-refractivity contribution in [3.63, 3.8) is 0 Å². The predicted molar refractivity (Wildman–Crippen MR) is 62.4 cm³/mol. The molecule has 16 heavy (non-hydrogen) atoms. The highest BCUT2D eigenvalue weighted by Crippen LogP contribution is 2.08. The average molecular weight is 221 g/mol. The number of hydrogen-bond donors (Lipinski definition) is 1. The van der Waals surface area contributed by atoms with Crippen LogP contribution in [0.5, 0.6) is 0 Å². The van der Waals surface area contributed by atoms with Gasteiger partial charge in [0.25, 0.3) is 0 Å². The maximum atomic E-state index is 11.1. The number of pyridine rings is 1. The SMILES string of the molecule is CCOC(=O)CN=C(C)c1cccnc1N. The highest BCUT2D eigenvalue weighted by molar-refractivity contribution is 6.02. The fraction of sp³-hybridized carbons (Fsp3) is 0.364. The number of nitrogens with two attached hydrogens (primary N) is 1. The van der Waals surface area contributed by atoms with E-state index in [0.29, 0.717) is 18.1 Å². The lowest BCUT2D eigenvalue weighted by Gasteiger charge is -2.03. The Morgan fingerprint density at radius 1 is 1.62 bits per heavy atom. The molecule has 1 aromatic rings. The van der Waals surface area contributed by atoms with Crippen molar-refractivity contribution < 1.29 is 9.53 Å². The summed E-state index contributed by atoms with van der Waals surface area (Å²) in [5, 5.41) is 0. The average Bonchev–Trinajstić information content (AvgIpc) is 2.27. The number of carbonyl (C=O) groups is 1. The summed E-state index contributed by atoms with van der Waals surface area (Å²) < 4.78 is 4.77. The minimum absolute atomic E-state index is 0.00794. The topological polar surface area (TPSA) is 77.6 Å². The van der Waals surface area contributed by atoms with Crippen LogP contribution in [-0.2, 0) is 9.53 Å². The predicted octanol–water partition coefficient (Wildman–Crippen LogP) is 1.04. The second kappa shape index (κ2) is 5.85. The Morgan fingerprint density at radius 3 is 3.00 bits per heavy atom. The maximum absolute atomic E-state index is 11.1. The molecule has 1 heterocycles. The van der Waals surface area contributed by atoms with Crippen LogP contribution in [0.15, 0.2) is 23.3 Å². The van der Waals surface area contributed by atoms with E-state index in [2.05, 4.69) is 9.98 Å². The molecule has 86 valence electrons. The van der Waals surface area contributed by atoms with Gasteiger partial charge in [-0.1, -0.05) is 0 Å². The summed E-state index contributed by atoms with van der Waals surface area (Å²) in [6.45, 7) is 3.91. The second-order valence-electron chi connectivity index (χ2n) is 3.14. The van der Waals surface area contributed by atoms with Crippen LogP contribution in [0.25, 0.3) is 0 Å². The van der Waals surface area contributed by atoms with Gasteiger partial charge < -0.3 is 10.5 Å². The summed E-state index contributed by atoms with van der Waals surface area (Å²) in [4.78, 5) is 19.1. The zero-order chi connectivity index (χ0) is 12.0. The summed E-state index contributed by atoms with van der Waals surface area (Å²) in [6.07, 6.45) is 1.61. The summed E-state index contributed by atoms with van der Waals surface area (Å²) in [6, 6.07) is 3.58. The molecule has 1 aromatic heterocycles. The van der Waals surface area contributed by atoms with Gasteiger partial charge in [-0.15, -0.1) is 0 Å². The van der Waals surface area contributed by atoms with E-state index in [0.717, 1.165) is 5.56 Å². The molecule has 5 heteroatoms. The third-order valence-corrected chi connectivity index (χ3v) is 1.98. The van der Waals surface area contributed by atoms with E-state index >= 15 is 0 Å². The first-order valence-corrected chi connectivity index (χ1v) is 5.02. The first-order valence-electron chi connectivity index (χ1n) is 5.02. The number of nitrogen functional groups attached to an aromatic ring is 1. The van der Waals surface area contributed by atoms with Crippen LogP contribution in [0, 0.1) is 0 Å². The number of rotatable bonds is 4. The molecule has 0 bridgehead atoms. The molecular formula is C11H15N3O2. The maximum Gasteiger partial charge on any atom is 0.327 e. The molecule has 0 aliphatic heterocycles. The fourth-order valence-electron chi connectivity index (χ4n) is 1.20. The Labute approximate surface area is 94.4 Å². The zero-order valence-electron chi connectivity index (χ0n) is 9.43. The molecular weight excluding hydrogens is 206 g/mol. The van der Waals surface area contributed by atoms with E-state index in [-0.39, 0.29) is 12.5 Å². The minimum Gasteiger partial charge on any atom is -0.465 e. The minimum atomic E-state index is -0.343. The van der Waals surface area contributed by atoms with E-state index in [4.69, 9.17) is 10.5 Å². The van der Waals surface area contributed by atoms with Gasteiger partial charge in [-0.2, -0.15) is 0 Å². The van der Waals surface area contributed by atoms with Gasteiger partial charge in [0.15, 0.2) is 0 Å². The number of aliphatic imine (C=N–C) groups is 1. The number of ether oxygens (including phenoxy) is 1. The molecule has 1 rings (SSSR count). The van der Waals surface area contributed by atoms with Crippen molar-refractivity contribution in [3.05, 3.63) is 23.9 Å².